The third-order valence-electron chi connectivity index (χ3n) is 6.23. The van der Waals surface area contributed by atoms with Crippen molar-refractivity contribution in [2.75, 3.05) is 13.1 Å². The van der Waals surface area contributed by atoms with Gasteiger partial charge in [0.1, 0.15) is 5.69 Å². The summed E-state index contributed by atoms with van der Waals surface area (Å²) < 4.78 is 34.0. The van der Waals surface area contributed by atoms with Crippen molar-refractivity contribution in [2.45, 2.75) is 76.0 Å². The minimum atomic E-state index is -3.46. The van der Waals surface area contributed by atoms with Crippen molar-refractivity contribution in [3.8, 4) is 0 Å². The number of hydrogen-bond acceptors (Lipinski definition) is 6. The predicted octanol–water partition coefficient (Wildman–Crippen LogP) is 1.10. The fourth-order valence-corrected chi connectivity index (χ4v) is 7.43. The van der Waals surface area contributed by atoms with Gasteiger partial charge in [0.25, 0.3) is 16.1 Å². The Labute approximate surface area is 170 Å². The Hall–Kier alpha value is -1.07. The van der Waals surface area contributed by atoms with E-state index in [1.165, 1.54) is 11.5 Å². The number of aryl methyl sites for hydroxylation is 1. The highest BCUT2D eigenvalue weighted by Crippen LogP contribution is 2.39. The molecular formula is C18H29N5O3S2. The highest BCUT2D eigenvalue weighted by Gasteiger charge is 2.49. The first-order valence-electron chi connectivity index (χ1n) is 10.2. The van der Waals surface area contributed by atoms with Gasteiger partial charge in [-0.2, -0.15) is 21.4 Å². The normalized spacial score (nSPS) is 29.9. The molecule has 156 valence electrons. The second kappa shape index (κ2) is 7.98. The van der Waals surface area contributed by atoms with Crippen LogP contribution >= 0.6 is 11.5 Å². The van der Waals surface area contributed by atoms with E-state index in [0.717, 1.165) is 24.1 Å². The van der Waals surface area contributed by atoms with Gasteiger partial charge in [-0.25, -0.2) is 0 Å². The predicted molar refractivity (Wildman–Crippen MR) is 108 cm³/mol. The largest absolute Gasteiger partial charge is 0.348 e. The molecule has 3 saturated heterocycles. The molecule has 0 radical (unpaired) electrons. The van der Waals surface area contributed by atoms with E-state index in [9.17, 15) is 13.2 Å². The van der Waals surface area contributed by atoms with E-state index >= 15 is 0 Å². The summed E-state index contributed by atoms with van der Waals surface area (Å²) >= 11 is 1.36. The zero-order chi connectivity index (χ0) is 19.9. The van der Waals surface area contributed by atoms with E-state index < -0.39 is 10.2 Å². The molecule has 3 aliphatic heterocycles. The molecule has 1 aromatic rings. The number of nitrogens with two attached hydrogens (primary N) is 1. The summed E-state index contributed by atoms with van der Waals surface area (Å²) in [5.74, 6) is -0.151. The molecule has 0 spiro atoms. The second-order valence-electron chi connectivity index (χ2n) is 8.13. The quantitative estimate of drug-likeness (QED) is 0.731. The van der Waals surface area contributed by atoms with Crippen LogP contribution in [0.15, 0.2) is 6.07 Å². The highest BCUT2D eigenvalue weighted by molar-refractivity contribution is 7.86. The van der Waals surface area contributed by atoms with Crippen LogP contribution in [0, 0.1) is 0 Å². The monoisotopic (exact) mass is 427 g/mol. The van der Waals surface area contributed by atoms with Gasteiger partial charge < -0.3 is 11.1 Å². The molecule has 28 heavy (non-hydrogen) atoms. The van der Waals surface area contributed by atoms with Crippen molar-refractivity contribution in [3.63, 3.8) is 0 Å². The SMILES string of the molecule is CCc1cc(C(=O)N[C@@H]2C[C@H]3CC[C@@H](C2)N3S(=O)(=O)N2CCC(N)CC2)ns1. The summed E-state index contributed by atoms with van der Waals surface area (Å²) in [5, 5.41) is 3.08. The number of carbonyl (C=O) groups excluding carboxylic acids is 1. The Balaban J connectivity index is 1.41. The Morgan fingerprint density at radius 1 is 1.25 bits per heavy atom. The van der Waals surface area contributed by atoms with Crippen LogP contribution in [0.3, 0.4) is 0 Å². The molecule has 2 bridgehead atoms. The summed E-state index contributed by atoms with van der Waals surface area (Å²) in [6, 6.07) is 1.87. The molecular weight excluding hydrogens is 398 g/mol. The fourth-order valence-electron chi connectivity index (χ4n) is 4.71. The van der Waals surface area contributed by atoms with Crippen LogP contribution in [0.1, 0.15) is 60.8 Å². The molecule has 3 N–H and O–H groups in total. The average molecular weight is 428 g/mol. The topological polar surface area (TPSA) is 109 Å². The van der Waals surface area contributed by atoms with Crippen LogP contribution < -0.4 is 11.1 Å². The molecule has 4 heterocycles. The lowest BCUT2D eigenvalue weighted by molar-refractivity contribution is 0.0903. The number of nitrogens with one attached hydrogen (secondary N) is 1. The third-order valence-corrected chi connectivity index (χ3v) is 9.31. The zero-order valence-electron chi connectivity index (χ0n) is 16.2. The first-order chi connectivity index (χ1) is 13.4. The van der Waals surface area contributed by atoms with E-state index in [1.807, 2.05) is 13.0 Å². The van der Waals surface area contributed by atoms with Crippen LogP contribution in [0.5, 0.6) is 0 Å². The number of rotatable bonds is 5. The van der Waals surface area contributed by atoms with Gasteiger partial charge >= 0.3 is 0 Å². The number of amides is 1. The van der Waals surface area contributed by atoms with Gasteiger partial charge in [0.05, 0.1) is 0 Å². The first kappa shape index (κ1) is 20.2. The molecule has 10 heteroatoms. The average Bonchev–Trinajstić information content (AvgIpc) is 3.25. The molecule has 0 aromatic carbocycles. The number of nitrogens with zero attached hydrogens (tertiary/aromatic N) is 3. The molecule has 3 fully saturated rings. The maximum atomic E-state index is 13.2. The van der Waals surface area contributed by atoms with E-state index in [0.29, 0.717) is 44.5 Å². The maximum Gasteiger partial charge on any atom is 0.282 e. The van der Waals surface area contributed by atoms with Crippen molar-refractivity contribution in [1.29, 1.82) is 0 Å². The van der Waals surface area contributed by atoms with E-state index in [4.69, 9.17) is 5.73 Å². The summed E-state index contributed by atoms with van der Waals surface area (Å²) in [5.41, 5.74) is 6.40. The standard InChI is InChI=1S/C18H29N5O3S2/c1-2-16-11-17(21-27-16)18(24)20-13-9-14-3-4-15(10-13)23(14)28(25,26)22-7-5-12(19)6-8-22/h11-15H,2-10,19H2,1H3,(H,20,24)/t13-,14-,15+. The van der Waals surface area contributed by atoms with E-state index in [1.54, 1.807) is 8.61 Å². The van der Waals surface area contributed by atoms with Crippen LogP contribution in [-0.2, 0) is 16.6 Å². The van der Waals surface area contributed by atoms with E-state index in [-0.39, 0.29) is 30.1 Å². The van der Waals surface area contributed by atoms with Crippen molar-refractivity contribution < 1.29 is 13.2 Å². The Morgan fingerprint density at radius 3 is 2.46 bits per heavy atom. The fraction of sp³-hybridized carbons (Fsp3) is 0.778. The molecule has 0 aliphatic carbocycles. The van der Waals surface area contributed by atoms with Crippen LogP contribution in [-0.4, -0.2) is 64.6 Å². The summed E-state index contributed by atoms with van der Waals surface area (Å²) in [4.78, 5) is 13.6. The number of fused-ring (bicyclic) bond motifs is 2. The van der Waals surface area contributed by atoms with Crippen molar-refractivity contribution in [3.05, 3.63) is 16.6 Å². The van der Waals surface area contributed by atoms with Crippen molar-refractivity contribution in [1.82, 2.24) is 18.3 Å². The first-order valence-corrected chi connectivity index (χ1v) is 12.4. The van der Waals surface area contributed by atoms with Crippen LogP contribution in [0.4, 0.5) is 0 Å². The minimum Gasteiger partial charge on any atom is -0.348 e. The molecule has 0 saturated carbocycles. The van der Waals surface area contributed by atoms with E-state index in [2.05, 4.69) is 9.69 Å². The molecule has 1 aromatic heterocycles. The Bertz CT molecular complexity index is 805. The Kier molecular flexibility index (Phi) is 5.76. The smallest absolute Gasteiger partial charge is 0.282 e. The molecule has 1 amide bonds. The van der Waals surface area contributed by atoms with Gasteiger partial charge in [0, 0.05) is 42.1 Å². The molecule has 3 aliphatic rings. The van der Waals surface area contributed by atoms with Crippen LogP contribution in [0.2, 0.25) is 0 Å². The molecule has 0 unspecified atom stereocenters. The van der Waals surface area contributed by atoms with Crippen LogP contribution in [0.25, 0.3) is 0 Å². The van der Waals surface area contributed by atoms with Crippen molar-refractivity contribution >= 4 is 27.6 Å². The van der Waals surface area contributed by atoms with Crippen molar-refractivity contribution in [2.24, 2.45) is 5.73 Å². The summed E-state index contributed by atoms with van der Waals surface area (Å²) in [6.45, 7) is 3.05. The summed E-state index contributed by atoms with van der Waals surface area (Å²) in [6.07, 6.45) is 5.36. The third kappa shape index (κ3) is 3.85. The number of hydrogen-bond donors (Lipinski definition) is 2. The Morgan fingerprint density at radius 2 is 1.89 bits per heavy atom. The summed E-state index contributed by atoms with van der Waals surface area (Å²) in [7, 11) is -3.46. The lowest BCUT2D eigenvalue weighted by Crippen LogP contribution is -2.57. The molecule has 3 atom stereocenters. The minimum absolute atomic E-state index is 0.00185. The zero-order valence-corrected chi connectivity index (χ0v) is 17.8. The highest BCUT2D eigenvalue weighted by atomic mass is 32.2. The lowest BCUT2D eigenvalue weighted by Gasteiger charge is -2.41. The van der Waals surface area contributed by atoms with Gasteiger partial charge in [-0.1, -0.05) is 6.92 Å². The van der Waals surface area contributed by atoms with Gasteiger partial charge in [-0.05, 0) is 62.5 Å². The number of aromatic nitrogens is 1. The molecule has 4 rings (SSSR count). The maximum absolute atomic E-state index is 13.2. The number of piperidine rings is 2. The van der Waals surface area contributed by atoms with Gasteiger partial charge in [-0.15, -0.1) is 0 Å². The molecule has 8 nitrogen and oxygen atoms in total. The van der Waals surface area contributed by atoms with Gasteiger partial charge in [0.2, 0.25) is 0 Å². The van der Waals surface area contributed by atoms with Gasteiger partial charge in [-0.3, -0.25) is 4.79 Å². The lowest BCUT2D eigenvalue weighted by atomic mass is 9.99. The second-order valence-corrected chi connectivity index (χ2v) is 10.9. The number of carbonyl (C=O) groups is 1. The van der Waals surface area contributed by atoms with Gasteiger partial charge in [0.15, 0.2) is 0 Å².